The average Bonchev–Trinajstić information content (AvgIpc) is 2.39. The van der Waals surface area contributed by atoms with Crippen LogP contribution in [0.15, 0.2) is 34.2 Å². The number of nitrogens with one attached hydrogen (secondary N) is 2. The minimum atomic E-state index is -0.412. The van der Waals surface area contributed by atoms with Crippen molar-refractivity contribution in [2.75, 3.05) is 11.5 Å². The lowest BCUT2D eigenvalue weighted by Crippen LogP contribution is -2.12. The van der Waals surface area contributed by atoms with Gasteiger partial charge in [-0.1, -0.05) is 0 Å². The summed E-state index contributed by atoms with van der Waals surface area (Å²) in [6, 6.07) is 1.52. The molecule has 0 bridgehead atoms. The molecular formula is C10H10N8O2. The zero-order chi connectivity index (χ0) is 14.5. The largest absolute Gasteiger partial charge is 0.385 e. The number of aromatic amines is 2. The van der Waals surface area contributed by atoms with Crippen LogP contribution in [0.4, 0.5) is 11.8 Å². The van der Waals surface area contributed by atoms with Gasteiger partial charge >= 0.3 is 5.69 Å². The number of rotatable bonds is 0. The van der Waals surface area contributed by atoms with Crippen molar-refractivity contribution >= 4 is 22.9 Å². The summed E-state index contributed by atoms with van der Waals surface area (Å²) >= 11 is 0. The predicted octanol–water partition coefficient (Wildman–Crippen LogP) is -1.35. The van der Waals surface area contributed by atoms with Crippen molar-refractivity contribution in [3.8, 4) is 0 Å². The summed E-state index contributed by atoms with van der Waals surface area (Å²) in [5.41, 5.74) is 10.1. The molecule has 102 valence electrons. The van der Waals surface area contributed by atoms with E-state index in [1.54, 1.807) is 0 Å². The van der Waals surface area contributed by atoms with Gasteiger partial charge in [0.25, 0.3) is 5.56 Å². The van der Waals surface area contributed by atoms with E-state index in [2.05, 4.69) is 29.9 Å². The van der Waals surface area contributed by atoms with Crippen LogP contribution in [0.2, 0.25) is 0 Å². The summed E-state index contributed by atoms with van der Waals surface area (Å²) < 4.78 is 0. The van der Waals surface area contributed by atoms with E-state index in [0.29, 0.717) is 5.82 Å². The molecule has 10 nitrogen and oxygen atoms in total. The second-order valence-corrected chi connectivity index (χ2v) is 3.51. The van der Waals surface area contributed by atoms with Gasteiger partial charge in [0.1, 0.15) is 5.82 Å². The van der Waals surface area contributed by atoms with Gasteiger partial charge in [-0.25, -0.2) is 19.7 Å². The van der Waals surface area contributed by atoms with Gasteiger partial charge in [0.15, 0.2) is 11.2 Å². The van der Waals surface area contributed by atoms with Crippen LogP contribution in [0.5, 0.6) is 0 Å². The molecule has 0 fully saturated rings. The zero-order valence-electron chi connectivity index (χ0n) is 10.1. The van der Waals surface area contributed by atoms with E-state index in [4.69, 9.17) is 11.5 Å². The van der Waals surface area contributed by atoms with Crippen LogP contribution in [0.25, 0.3) is 11.2 Å². The van der Waals surface area contributed by atoms with Crippen LogP contribution < -0.4 is 22.7 Å². The monoisotopic (exact) mass is 274 g/mol. The number of anilines is 2. The molecule has 0 unspecified atom stereocenters. The Morgan fingerprint density at radius 1 is 0.950 bits per heavy atom. The molecule has 0 aliphatic carbocycles. The van der Waals surface area contributed by atoms with E-state index >= 15 is 0 Å². The fourth-order valence-electron chi connectivity index (χ4n) is 1.27. The van der Waals surface area contributed by atoms with Crippen LogP contribution in [0.3, 0.4) is 0 Å². The lowest BCUT2D eigenvalue weighted by Gasteiger charge is -1.94. The van der Waals surface area contributed by atoms with Gasteiger partial charge < -0.3 is 11.5 Å². The summed E-state index contributed by atoms with van der Waals surface area (Å²) in [5.74, 6) is 0.387. The number of aromatic nitrogens is 6. The van der Waals surface area contributed by atoms with Crippen LogP contribution >= 0.6 is 0 Å². The molecular weight excluding hydrogens is 264 g/mol. The number of hydrogen-bond acceptors (Lipinski definition) is 8. The van der Waals surface area contributed by atoms with Crippen LogP contribution in [-0.4, -0.2) is 29.9 Å². The van der Waals surface area contributed by atoms with Gasteiger partial charge in [-0.15, -0.1) is 0 Å². The van der Waals surface area contributed by atoms with Gasteiger partial charge in [-0.05, 0) is 6.07 Å². The van der Waals surface area contributed by atoms with Crippen molar-refractivity contribution in [3.05, 3.63) is 45.5 Å². The van der Waals surface area contributed by atoms with Gasteiger partial charge in [0.05, 0.1) is 0 Å². The van der Waals surface area contributed by atoms with Crippen molar-refractivity contribution in [2.24, 2.45) is 0 Å². The minimum Gasteiger partial charge on any atom is -0.385 e. The summed E-state index contributed by atoms with van der Waals surface area (Å²) in [6.07, 6.45) is 4.23. The van der Waals surface area contributed by atoms with Gasteiger partial charge in [0, 0.05) is 18.6 Å². The lowest BCUT2D eigenvalue weighted by molar-refractivity contribution is 1.08. The first-order valence-corrected chi connectivity index (χ1v) is 5.33. The van der Waals surface area contributed by atoms with Gasteiger partial charge in [0.2, 0.25) is 5.95 Å². The molecule has 0 saturated carbocycles. The molecule has 3 aromatic rings. The minimum absolute atomic E-state index is 0.0491. The average molecular weight is 274 g/mol. The summed E-state index contributed by atoms with van der Waals surface area (Å²) in [5, 5.41) is 0. The van der Waals surface area contributed by atoms with E-state index in [1.165, 1.54) is 24.7 Å². The fraction of sp³-hybridized carbons (Fsp3) is 0. The molecule has 0 atom stereocenters. The Hall–Kier alpha value is -3.30. The number of nitrogens with zero attached hydrogens (tertiary/aromatic N) is 4. The Kier molecular flexibility index (Phi) is 3.65. The molecule has 6 N–H and O–H groups in total. The summed E-state index contributed by atoms with van der Waals surface area (Å²) in [7, 11) is 0. The molecule has 0 amide bonds. The number of fused-ring (bicyclic) bond motifs is 1. The standard InChI is InChI=1S/C6H5N5O.C4H5N3O/c7-6-10-4-3(5(12)11-6)8-1-2-9-4;5-3-1-2-6-4(8)7-3/h1-2H,(H3,7,9,10,11,12);1-2H,(H3,5,6,7,8). The topological polar surface area (TPSA) is 169 Å². The molecule has 3 heterocycles. The van der Waals surface area contributed by atoms with Crippen molar-refractivity contribution < 1.29 is 0 Å². The number of hydrogen-bond donors (Lipinski definition) is 4. The molecule has 0 aromatic carbocycles. The molecule has 20 heavy (non-hydrogen) atoms. The SMILES string of the molecule is Nc1ccnc(=O)[nH]1.Nc1nc2nccnc2c(=O)[nH]1. The summed E-state index contributed by atoms with van der Waals surface area (Å²) in [6.45, 7) is 0. The Balaban J connectivity index is 0.000000160. The second-order valence-electron chi connectivity index (χ2n) is 3.51. The first-order chi connectivity index (χ1) is 9.56. The van der Waals surface area contributed by atoms with E-state index < -0.39 is 5.69 Å². The highest BCUT2D eigenvalue weighted by atomic mass is 16.1. The molecule has 0 saturated heterocycles. The van der Waals surface area contributed by atoms with E-state index in [9.17, 15) is 9.59 Å². The van der Waals surface area contributed by atoms with E-state index in [-0.39, 0.29) is 22.7 Å². The quantitative estimate of drug-likeness (QED) is 0.389. The highest BCUT2D eigenvalue weighted by Crippen LogP contribution is 1.97. The van der Waals surface area contributed by atoms with Crippen LogP contribution in [0.1, 0.15) is 0 Å². The zero-order valence-corrected chi connectivity index (χ0v) is 10.1. The van der Waals surface area contributed by atoms with Crippen molar-refractivity contribution in [3.63, 3.8) is 0 Å². The highest BCUT2D eigenvalue weighted by molar-refractivity contribution is 5.68. The fourth-order valence-corrected chi connectivity index (χ4v) is 1.27. The highest BCUT2D eigenvalue weighted by Gasteiger charge is 2.01. The third kappa shape index (κ3) is 3.13. The maximum absolute atomic E-state index is 11.1. The van der Waals surface area contributed by atoms with Crippen molar-refractivity contribution in [1.29, 1.82) is 0 Å². The number of nitrogen functional groups attached to an aromatic ring is 2. The Morgan fingerprint density at radius 3 is 2.35 bits per heavy atom. The van der Waals surface area contributed by atoms with Gasteiger partial charge in [-0.2, -0.15) is 4.98 Å². The van der Waals surface area contributed by atoms with Gasteiger partial charge in [-0.3, -0.25) is 14.8 Å². The lowest BCUT2D eigenvalue weighted by atomic mass is 10.5. The first kappa shape index (κ1) is 13.1. The third-order valence-corrected chi connectivity index (χ3v) is 2.06. The Morgan fingerprint density at radius 2 is 1.70 bits per heavy atom. The van der Waals surface area contributed by atoms with Crippen LogP contribution in [-0.2, 0) is 0 Å². The molecule has 0 aliphatic heterocycles. The van der Waals surface area contributed by atoms with Crippen LogP contribution in [0, 0.1) is 0 Å². The predicted molar refractivity (Wildman–Crippen MR) is 71.6 cm³/mol. The number of nitrogens with two attached hydrogens (primary N) is 2. The molecule has 0 radical (unpaired) electrons. The molecule has 3 aromatic heterocycles. The normalized spacial score (nSPS) is 9.80. The summed E-state index contributed by atoms with van der Waals surface area (Å²) in [4.78, 5) is 40.7. The molecule has 0 aliphatic rings. The smallest absolute Gasteiger partial charge is 0.346 e. The second kappa shape index (κ2) is 5.56. The maximum Gasteiger partial charge on any atom is 0.346 e. The number of H-pyrrole nitrogens is 2. The molecule has 3 rings (SSSR count). The van der Waals surface area contributed by atoms with Crippen molar-refractivity contribution in [2.45, 2.75) is 0 Å². The van der Waals surface area contributed by atoms with Crippen molar-refractivity contribution in [1.82, 2.24) is 29.9 Å². The Labute approximate surface area is 110 Å². The molecule has 0 spiro atoms. The van der Waals surface area contributed by atoms with E-state index in [0.717, 1.165) is 0 Å². The molecule has 10 heteroatoms. The van der Waals surface area contributed by atoms with E-state index in [1.807, 2.05) is 0 Å². The first-order valence-electron chi connectivity index (χ1n) is 5.33. The third-order valence-electron chi connectivity index (χ3n) is 2.06. The Bertz CT molecular complexity index is 840. The maximum atomic E-state index is 11.1.